The van der Waals surface area contributed by atoms with E-state index in [1.165, 1.54) is 24.3 Å². The molecule has 0 aliphatic heterocycles. The molecule has 0 bridgehead atoms. The summed E-state index contributed by atoms with van der Waals surface area (Å²) in [6, 6.07) is 12.2. The van der Waals surface area contributed by atoms with Crippen LogP contribution in [0.5, 0.6) is 0 Å². The minimum Gasteiger partial charge on any atom is -0.207 e. The Morgan fingerprint density at radius 2 is 1.76 bits per heavy atom. The van der Waals surface area contributed by atoms with Crippen LogP contribution in [0.15, 0.2) is 42.5 Å². The van der Waals surface area contributed by atoms with E-state index in [2.05, 4.69) is 0 Å². The maximum Gasteiger partial charge on any atom is 0.131 e. The molecular formula is C14H9F2N. The highest BCUT2D eigenvalue weighted by Gasteiger charge is 2.09. The van der Waals surface area contributed by atoms with Crippen molar-refractivity contribution in [2.75, 3.05) is 0 Å². The van der Waals surface area contributed by atoms with E-state index in [9.17, 15) is 8.78 Å². The topological polar surface area (TPSA) is 23.8 Å². The Morgan fingerprint density at radius 1 is 1.00 bits per heavy atom. The van der Waals surface area contributed by atoms with Gasteiger partial charge in [-0.1, -0.05) is 24.3 Å². The van der Waals surface area contributed by atoms with Gasteiger partial charge in [0.05, 0.1) is 12.5 Å². The molecule has 0 unspecified atom stereocenters. The predicted molar refractivity (Wildman–Crippen MR) is 61.1 cm³/mol. The van der Waals surface area contributed by atoms with Gasteiger partial charge in [-0.15, -0.1) is 0 Å². The minimum absolute atomic E-state index is 0.0570. The smallest absolute Gasteiger partial charge is 0.131 e. The summed E-state index contributed by atoms with van der Waals surface area (Å²) in [5.74, 6) is -0.798. The Hall–Kier alpha value is -2.21. The lowest BCUT2D eigenvalue weighted by atomic mass is 9.97. The lowest BCUT2D eigenvalue weighted by Crippen LogP contribution is -1.92. The second-order valence-electron chi connectivity index (χ2n) is 3.62. The van der Waals surface area contributed by atoms with Gasteiger partial charge in [0.2, 0.25) is 0 Å². The van der Waals surface area contributed by atoms with Gasteiger partial charge in [-0.25, -0.2) is 8.78 Å². The average molecular weight is 229 g/mol. The molecule has 1 nitrogen and oxygen atoms in total. The Kier molecular flexibility index (Phi) is 3.15. The molecule has 0 amide bonds. The summed E-state index contributed by atoms with van der Waals surface area (Å²) in [7, 11) is 0. The molecule has 0 aliphatic rings. The van der Waals surface area contributed by atoms with E-state index in [0.717, 1.165) is 0 Å². The third kappa shape index (κ3) is 2.31. The first-order valence-corrected chi connectivity index (χ1v) is 5.12. The molecule has 0 aliphatic carbocycles. The van der Waals surface area contributed by atoms with Gasteiger partial charge in [0.1, 0.15) is 11.6 Å². The normalized spacial score (nSPS) is 9.94. The largest absolute Gasteiger partial charge is 0.207 e. The van der Waals surface area contributed by atoms with Crippen molar-refractivity contribution in [1.82, 2.24) is 0 Å². The van der Waals surface area contributed by atoms with Gasteiger partial charge < -0.3 is 0 Å². The quantitative estimate of drug-likeness (QED) is 0.770. The first-order chi connectivity index (χ1) is 8.22. The van der Waals surface area contributed by atoms with E-state index in [-0.39, 0.29) is 12.2 Å². The fourth-order valence-electron chi connectivity index (χ4n) is 1.74. The Balaban J connectivity index is 2.60. The summed E-state index contributed by atoms with van der Waals surface area (Å²) in [5.41, 5.74) is 1.45. The maximum absolute atomic E-state index is 13.6. The van der Waals surface area contributed by atoms with Crippen molar-refractivity contribution in [3.05, 3.63) is 59.7 Å². The Labute approximate surface area is 97.9 Å². The number of halogens is 2. The molecule has 84 valence electrons. The van der Waals surface area contributed by atoms with E-state index in [1.807, 2.05) is 6.07 Å². The van der Waals surface area contributed by atoms with Crippen LogP contribution in [0.2, 0.25) is 0 Å². The second-order valence-corrected chi connectivity index (χ2v) is 3.62. The molecule has 2 aromatic rings. The van der Waals surface area contributed by atoms with Crippen LogP contribution in [0.4, 0.5) is 8.78 Å². The van der Waals surface area contributed by atoms with Crippen molar-refractivity contribution in [3.8, 4) is 17.2 Å². The SMILES string of the molecule is N#CCc1cc(F)ccc1-c1ccccc1F. The van der Waals surface area contributed by atoms with E-state index >= 15 is 0 Å². The zero-order chi connectivity index (χ0) is 12.3. The third-order valence-corrected chi connectivity index (χ3v) is 2.50. The van der Waals surface area contributed by atoms with Crippen LogP contribution < -0.4 is 0 Å². The molecule has 2 rings (SSSR count). The van der Waals surface area contributed by atoms with Crippen molar-refractivity contribution >= 4 is 0 Å². The van der Waals surface area contributed by atoms with Crippen LogP contribution in [0.3, 0.4) is 0 Å². The Bertz CT molecular complexity index is 585. The van der Waals surface area contributed by atoms with Crippen molar-refractivity contribution in [3.63, 3.8) is 0 Å². The van der Waals surface area contributed by atoms with Gasteiger partial charge in [0, 0.05) is 5.56 Å². The lowest BCUT2D eigenvalue weighted by molar-refractivity contribution is 0.624. The van der Waals surface area contributed by atoms with Gasteiger partial charge >= 0.3 is 0 Å². The standard InChI is InChI=1S/C14H9F2N/c15-11-5-6-12(10(9-11)7-8-17)13-3-1-2-4-14(13)16/h1-6,9H,7H2. The van der Waals surface area contributed by atoms with Crippen molar-refractivity contribution in [2.24, 2.45) is 0 Å². The molecule has 2 aromatic carbocycles. The minimum atomic E-state index is -0.421. The fraction of sp³-hybridized carbons (Fsp3) is 0.0714. The zero-order valence-corrected chi connectivity index (χ0v) is 8.95. The highest BCUT2D eigenvalue weighted by atomic mass is 19.1. The Morgan fingerprint density at radius 3 is 2.47 bits per heavy atom. The number of rotatable bonds is 2. The maximum atomic E-state index is 13.6. The van der Waals surface area contributed by atoms with Crippen LogP contribution >= 0.6 is 0 Å². The molecule has 17 heavy (non-hydrogen) atoms. The van der Waals surface area contributed by atoms with E-state index < -0.39 is 5.82 Å². The van der Waals surface area contributed by atoms with Crippen LogP contribution in [0.1, 0.15) is 5.56 Å². The monoisotopic (exact) mass is 229 g/mol. The van der Waals surface area contributed by atoms with E-state index in [1.54, 1.807) is 18.2 Å². The second kappa shape index (κ2) is 4.75. The lowest BCUT2D eigenvalue weighted by Gasteiger charge is -2.08. The highest BCUT2D eigenvalue weighted by Crippen LogP contribution is 2.27. The van der Waals surface area contributed by atoms with Gasteiger partial charge in [0.15, 0.2) is 0 Å². The van der Waals surface area contributed by atoms with Crippen molar-refractivity contribution in [2.45, 2.75) is 6.42 Å². The number of nitrogens with zero attached hydrogens (tertiary/aromatic N) is 1. The summed E-state index contributed by atoms with van der Waals surface area (Å²) in [4.78, 5) is 0. The third-order valence-electron chi connectivity index (χ3n) is 2.50. The number of hydrogen-bond donors (Lipinski definition) is 0. The molecular weight excluding hydrogens is 220 g/mol. The summed E-state index contributed by atoms with van der Waals surface area (Å²) < 4.78 is 26.7. The van der Waals surface area contributed by atoms with Gasteiger partial charge in [-0.05, 0) is 29.3 Å². The van der Waals surface area contributed by atoms with Crippen LogP contribution in [-0.2, 0) is 6.42 Å². The van der Waals surface area contributed by atoms with E-state index in [4.69, 9.17) is 5.26 Å². The summed E-state index contributed by atoms with van der Waals surface area (Å²) in [6.45, 7) is 0. The summed E-state index contributed by atoms with van der Waals surface area (Å²) in [6.07, 6.45) is 0.0570. The predicted octanol–water partition coefficient (Wildman–Crippen LogP) is 3.70. The first-order valence-electron chi connectivity index (χ1n) is 5.12. The highest BCUT2D eigenvalue weighted by molar-refractivity contribution is 5.68. The first kappa shape index (κ1) is 11.3. The van der Waals surface area contributed by atoms with Crippen LogP contribution in [0.25, 0.3) is 11.1 Å². The molecule has 0 saturated carbocycles. The number of hydrogen-bond acceptors (Lipinski definition) is 1. The summed E-state index contributed by atoms with van der Waals surface area (Å²) >= 11 is 0. The van der Waals surface area contributed by atoms with E-state index in [0.29, 0.717) is 16.7 Å². The van der Waals surface area contributed by atoms with Crippen molar-refractivity contribution < 1.29 is 8.78 Å². The van der Waals surface area contributed by atoms with Gasteiger partial charge in [-0.2, -0.15) is 5.26 Å². The molecule has 0 spiro atoms. The summed E-state index contributed by atoms with van der Waals surface area (Å²) in [5, 5.41) is 8.69. The molecule has 0 atom stereocenters. The van der Waals surface area contributed by atoms with Crippen molar-refractivity contribution in [1.29, 1.82) is 5.26 Å². The van der Waals surface area contributed by atoms with Gasteiger partial charge in [0.25, 0.3) is 0 Å². The average Bonchev–Trinajstić information content (AvgIpc) is 2.31. The fourth-order valence-corrected chi connectivity index (χ4v) is 1.74. The van der Waals surface area contributed by atoms with Crippen LogP contribution in [0, 0.1) is 23.0 Å². The van der Waals surface area contributed by atoms with Crippen LogP contribution in [-0.4, -0.2) is 0 Å². The molecule has 0 aromatic heterocycles. The zero-order valence-electron chi connectivity index (χ0n) is 8.95. The van der Waals surface area contributed by atoms with Gasteiger partial charge in [-0.3, -0.25) is 0 Å². The number of nitriles is 1. The molecule has 0 saturated heterocycles. The molecule has 0 radical (unpaired) electrons. The molecule has 0 heterocycles. The number of benzene rings is 2. The molecule has 0 fully saturated rings. The molecule has 3 heteroatoms. The molecule has 0 N–H and O–H groups in total.